The fourth-order valence-corrected chi connectivity index (χ4v) is 3.49. The third kappa shape index (κ3) is 3.79. The average molecular weight is 372 g/mol. The number of pyridine rings is 2. The molecule has 1 amide bonds. The highest BCUT2D eigenvalue weighted by atomic mass is 16.2. The molecule has 3 aromatic rings. The van der Waals surface area contributed by atoms with Gasteiger partial charge in [-0.3, -0.25) is 14.8 Å². The van der Waals surface area contributed by atoms with E-state index in [1.165, 1.54) is 0 Å². The molecular weight excluding hydrogens is 348 g/mol. The first-order chi connectivity index (χ1) is 13.6. The number of hydrogen-bond donors (Lipinski definition) is 0. The Morgan fingerprint density at radius 1 is 1.14 bits per heavy atom. The Bertz CT molecular complexity index is 1040. The van der Waals surface area contributed by atoms with Crippen molar-refractivity contribution in [2.24, 2.45) is 5.10 Å². The van der Waals surface area contributed by atoms with E-state index < -0.39 is 0 Å². The lowest BCUT2D eigenvalue weighted by Crippen LogP contribution is -2.22. The summed E-state index contributed by atoms with van der Waals surface area (Å²) in [5, 5.41) is 7.45. The summed E-state index contributed by atoms with van der Waals surface area (Å²) in [5.74, 6) is 0.411. The molecule has 0 aliphatic carbocycles. The molecule has 0 saturated carbocycles. The number of carbonyl (C=O) groups is 1. The van der Waals surface area contributed by atoms with E-state index in [9.17, 15) is 4.79 Å². The average Bonchev–Trinajstić information content (AvgIpc) is 3.12. The van der Waals surface area contributed by atoms with Crippen LogP contribution in [-0.4, -0.2) is 33.1 Å². The minimum absolute atomic E-state index is 0.0806. The van der Waals surface area contributed by atoms with Gasteiger partial charge in [0.15, 0.2) is 0 Å². The molecule has 0 radical (unpaired) electrons. The van der Waals surface area contributed by atoms with Crippen LogP contribution in [0.25, 0.3) is 10.9 Å². The molecule has 1 aromatic carbocycles. The highest BCUT2D eigenvalue weighted by molar-refractivity contribution is 6.02. The number of aromatic nitrogens is 2. The van der Waals surface area contributed by atoms with Crippen LogP contribution in [0.4, 0.5) is 0 Å². The van der Waals surface area contributed by atoms with Crippen molar-refractivity contribution < 1.29 is 4.79 Å². The van der Waals surface area contributed by atoms with Crippen LogP contribution in [0.2, 0.25) is 0 Å². The van der Waals surface area contributed by atoms with Crippen LogP contribution in [0.3, 0.4) is 0 Å². The van der Waals surface area contributed by atoms with Crippen molar-refractivity contribution in [2.45, 2.75) is 39.0 Å². The molecule has 1 aliphatic rings. The lowest BCUT2D eigenvalue weighted by Gasteiger charge is -2.15. The SMILES string of the molecule is CC(C)c1cccc(C(Cc2ccnc3ccccc23)=NN2CCCC2=O)n1. The molecule has 4 rings (SSSR count). The van der Waals surface area contributed by atoms with Gasteiger partial charge in [-0.2, -0.15) is 5.10 Å². The highest BCUT2D eigenvalue weighted by Crippen LogP contribution is 2.20. The van der Waals surface area contributed by atoms with Crippen molar-refractivity contribution in [1.82, 2.24) is 15.0 Å². The second kappa shape index (κ2) is 7.89. The number of fused-ring (bicyclic) bond motifs is 1. The summed E-state index contributed by atoms with van der Waals surface area (Å²) in [4.78, 5) is 21.5. The summed E-state index contributed by atoms with van der Waals surface area (Å²) >= 11 is 0. The van der Waals surface area contributed by atoms with Crippen LogP contribution in [0.15, 0.2) is 59.8 Å². The van der Waals surface area contributed by atoms with Gasteiger partial charge in [-0.05, 0) is 42.2 Å². The summed E-state index contributed by atoms with van der Waals surface area (Å²) < 4.78 is 0. The van der Waals surface area contributed by atoms with Crippen molar-refractivity contribution in [3.05, 3.63) is 71.7 Å². The predicted molar refractivity (Wildman–Crippen MR) is 111 cm³/mol. The quantitative estimate of drug-likeness (QED) is 0.627. The molecule has 0 N–H and O–H groups in total. The molecule has 1 aliphatic heterocycles. The smallest absolute Gasteiger partial charge is 0.242 e. The third-order valence-electron chi connectivity index (χ3n) is 5.04. The van der Waals surface area contributed by atoms with Gasteiger partial charge in [0.25, 0.3) is 0 Å². The fourth-order valence-electron chi connectivity index (χ4n) is 3.49. The van der Waals surface area contributed by atoms with Crippen molar-refractivity contribution in [2.75, 3.05) is 6.54 Å². The molecular formula is C23H24N4O. The van der Waals surface area contributed by atoms with Crippen LogP contribution < -0.4 is 0 Å². The molecule has 0 spiro atoms. The zero-order valence-corrected chi connectivity index (χ0v) is 16.3. The van der Waals surface area contributed by atoms with Gasteiger partial charge in [-0.15, -0.1) is 0 Å². The minimum Gasteiger partial charge on any atom is -0.273 e. The maximum Gasteiger partial charge on any atom is 0.242 e. The van der Waals surface area contributed by atoms with Crippen LogP contribution in [0.5, 0.6) is 0 Å². The summed E-state index contributed by atoms with van der Waals surface area (Å²) in [6.45, 7) is 4.93. The van der Waals surface area contributed by atoms with Crippen molar-refractivity contribution in [3.8, 4) is 0 Å². The number of carbonyl (C=O) groups excluding carboxylic acids is 1. The molecule has 2 aromatic heterocycles. The second-order valence-electron chi connectivity index (χ2n) is 7.43. The van der Waals surface area contributed by atoms with Gasteiger partial charge in [0.2, 0.25) is 5.91 Å². The molecule has 0 unspecified atom stereocenters. The number of amides is 1. The van der Waals surface area contributed by atoms with E-state index in [4.69, 9.17) is 10.1 Å². The number of para-hydroxylation sites is 1. The van der Waals surface area contributed by atoms with Crippen LogP contribution >= 0.6 is 0 Å². The standard InChI is InChI=1S/C23H24N4O/c1-16(2)19-9-5-10-21(25-19)22(26-27-14-6-11-23(27)28)15-17-12-13-24-20-8-4-3-7-18(17)20/h3-5,7-10,12-13,16H,6,11,14-15H2,1-2H3. The van der Waals surface area contributed by atoms with Crippen LogP contribution in [0, 0.1) is 0 Å². The number of benzene rings is 1. The van der Waals surface area contributed by atoms with Gasteiger partial charge in [0.1, 0.15) is 0 Å². The van der Waals surface area contributed by atoms with E-state index in [0.29, 0.717) is 25.3 Å². The molecule has 1 saturated heterocycles. The van der Waals surface area contributed by atoms with Gasteiger partial charge in [-0.25, -0.2) is 5.01 Å². The largest absolute Gasteiger partial charge is 0.273 e. The second-order valence-corrected chi connectivity index (χ2v) is 7.43. The van der Waals surface area contributed by atoms with Gasteiger partial charge in [-0.1, -0.05) is 38.1 Å². The first-order valence-electron chi connectivity index (χ1n) is 9.79. The van der Waals surface area contributed by atoms with Gasteiger partial charge in [0.05, 0.1) is 16.9 Å². The van der Waals surface area contributed by atoms with E-state index in [0.717, 1.165) is 40.0 Å². The molecule has 0 bridgehead atoms. The number of hydrazone groups is 1. The number of hydrogen-bond acceptors (Lipinski definition) is 4. The highest BCUT2D eigenvalue weighted by Gasteiger charge is 2.21. The normalized spacial score (nSPS) is 15.0. The summed E-state index contributed by atoms with van der Waals surface area (Å²) in [6, 6.07) is 16.2. The molecule has 0 atom stereocenters. The number of nitrogens with zero attached hydrogens (tertiary/aromatic N) is 4. The predicted octanol–water partition coefficient (Wildman–Crippen LogP) is 4.32. The van der Waals surface area contributed by atoms with Crippen LogP contribution in [0.1, 0.15) is 49.6 Å². The molecule has 142 valence electrons. The molecule has 5 nitrogen and oxygen atoms in total. The Hall–Kier alpha value is -3.08. The first kappa shape index (κ1) is 18.3. The van der Waals surface area contributed by atoms with E-state index >= 15 is 0 Å². The summed E-state index contributed by atoms with van der Waals surface area (Å²) in [5.41, 5.74) is 4.76. The van der Waals surface area contributed by atoms with Crippen molar-refractivity contribution in [3.63, 3.8) is 0 Å². The molecule has 3 heterocycles. The third-order valence-corrected chi connectivity index (χ3v) is 5.04. The molecule has 1 fully saturated rings. The maximum absolute atomic E-state index is 12.2. The molecule has 5 heteroatoms. The van der Waals surface area contributed by atoms with E-state index in [-0.39, 0.29) is 5.91 Å². The summed E-state index contributed by atoms with van der Waals surface area (Å²) in [7, 11) is 0. The Morgan fingerprint density at radius 3 is 2.79 bits per heavy atom. The van der Waals surface area contributed by atoms with E-state index in [2.05, 4.69) is 24.9 Å². The lowest BCUT2D eigenvalue weighted by atomic mass is 10.0. The Kier molecular flexibility index (Phi) is 5.15. The Labute approximate surface area is 165 Å². The first-order valence-corrected chi connectivity index (χ1v) is 9.79. The van der Waals surface area contributed by atoms with Crippen LogP contribution in [-0.2, 0) is 11.2 Å². The topological polar surface area (TPSA) is 58.5 Å². The minimum atomic E-state index is 0.0806. The van der Waals surface area contributed by atoms with Gasteiger partial charge >= 0.3 is 0 Å². The fraction of sp³-hybridized carbons (Fsp3) is 0.304. The monoisotopic (exact) mass is 372 g/mol. The Balaban J connectivity index is 1.78. The van der Waals surface area contributed by atoms with E-state index in [1.54, 1.807) is 5.01 Å². The maximum atomic E-state index is 12.2. The summed E-state index contributed by atoms with van der Waals surface area (Å²) in [6.07, 6.45) is 3.84. The van der Waals surface area contributed by atoms with Crippen molar-refractivity contribution in [1.29, 1.82) is 0 Å². The van der Waals surface area contributed by atoms with Gasteiger partial charge in [0, 0.05) is 36.7 Å². The Morgan fingerprint density at radius 2 is 2.00 bits per heavy atom. The van der Waals surface area contributed by atoms with Gasteiger partial charge < -0.3 is 0 Å². The lowest BCUT2D eigenvalue weighted by molar-refractivity contribution is -0.127. The van der Waals surface area contributed by atoms with Crippen molar-refractivity contribution >= 4 is 22.5 Å². The zero-order valence-electron chi connectivity index (χ0n) is 16.3. The number of rotatable bonds is 5. The zero-order chi connectivity index (χ0) is 19.5. The molecule has 28 heavy (non-hydrogen) atoms. The van der Waals surface area contributed by atoms with E-state index in [1.807, 2.05) is 48.7 Å².